The van der Waals surface area contributed by atoms with Gasteiger partial charge in [0, 0.05) is 33.4 Å². The van der Waals surface area contributed by atoms with E-state index in [0.717, 1.165) is 17.7 Å². The zero-order valence-corrected chi connectivity index (χ0v) is 16.1. The minimum Gasteiger partial charge on any atom is -0.325 e. The highest BCUT2D eigenvalue weighted by atomic mass is 127. The van der Waals surface area contributed by atoms with E-state index in [1.807, 2.05) is 22.6 Å². The van der Waals surface area contributed by atoms with Crippen molar-refractivity contribution in [2.75, 3.05) is 11.9 Å². The van der Waals surface area contributed by atoms with E-state index in [4.69, 9.17) is 0 Å². The number of rotatable bonds is 4. The molecule has 0 aromatic heterocycles. The molecule has 0 fully saturated rings. The number of alkyl halides is 3. The lowest BCUT2D eigenvalue weighted by molar-refractivity contribution is -0.137. The average molecular weight is 486 g/mol. The van der Waals surface area contributed by atoms with Gasteiger partial charge in [0.05, 0.1) is 11.3 Å². The van der Waals surface area contributed by atoms with E-state index in [1.54, 1.807) is 24.3 Å². The first-order valence-electron chi connectivity index (χ1n) is 7.95. The molecule has 0 radical (unpaired) electrons. The molecule has 4 nitrogen and oxygen atoms in total. The molecule has 0 bridgehead atoms. The van der Waals surface area contributed by atoms with Crippen molar-refractivity contribution < 1.29 is 22.8 Å². The Bertz CT molecular complexity index is 906. The van der Waals surface area contributed by atoms with E-state index in [-0.39, 0.29) is 24.6 Å². The molecule has 0 unspecified atom stereocenters. The maximum Gasteiger partial charge on any atom is 0.416 e. The zero-order valence-electron chi connectivity index (χ0n) is 13.9. The van der Waals surface area contributed by atoms with Gasteiger partial charge in [-0.25, -0.2) is 0 Å². The lowest BCUT2D eigenvalue weighted by atomic mass is 10.1. The number of amides is 2. The summed E-state index contributed by atoms with van der Waals surface area (Å²) >= 11 is 1.85. The molecule has 0 spiro atoms. The van der Waals surface area contributed by atoms with E-state index >= 15 is 0 Å². The normalized spacial score (nSPS) is 13.7. The third kappa shape index (κ3) is 4.00. The minimum absolute atomic E-state index is 0.0644. The maximum atomic E-state index is 12.8. The Balaban J connectivity index is 1.66. The molecule has 140 valence electrons. The third-order valence-electron chi connectivity index (χ3n) is 4.17. The smallest absolute Gasteiger partial charge is 0.325 e. The Hall–Kier alpha value is -2.36. The second kappa shape index (κ2) is 7.34. The molecule has 3 rings (SSSR count). The van der Waals surface area contributed by atoms with Gasteiger partial charge in [0.1, 0.15) is 0 Å². The molecule has 8 heteroatoms. The van der Waals surface area contributed by atoms with Crippen LogP contribution in [0.2, 0.25) is 0 Å². The van der Waals surface area contributed by atoms with E-state index in [9.17, 15) is 22.8 Å². The molecule has 27 heavy (non-hydrogen) atoms. The van der Waals surface area contributed by atoms with Crippen molar-refractivity contribution in [1.29, 1.82) is 0 Å². The van der Waals surface area contributed by atoms with Crippen LogP contribution in [-0.4, -0.2) is 23.3 Å². The summed E-state index contributed by atoms with van der Waals surface area (Å²) in [5.74, 6) is -0.721. The largest absolute Gasteiger partial charge is 0.416 e. The number of nitrogens with one attached hydrogen (secondary N) is 1. The molecule has 0 saturated heterocycles. The highest BCUT2D eigenvalue weighted by Crippen LogP contribution is 2.33. The van der Waals surface area contributed by atoms with Crippen LogP contribution in [0.5, 0.6) is 0 Å². The van der Waals surface area contributed by atoms with Gasteiger partial charge in [-0.15, -0.1) is 0 Å². The summed E-state index contributed by atoms with van der Waals surface area (Å²) in [6.45, 7) is 3.98. The Labute approximate surface area is 167 Å². The van der Waals surface area contributed by atoms with Crippen LogP contribution in [0.1, 0.15) is 27.9 Å². The summed E-state index contributed by atoms with van der Waals surface area (Å²) < 4.78 is 39.0. The van der Waals surface area contributed by atoms with Gasteiger partial charge in [-0.1, -0.05) is 24.8 Å². The number of nitrogens with zero attached hydrogens (tertiary/aromatic N) is 1. The number of fused-ring (bicyclic) bond motifs is 1. The van der Waals surface area contributed by atoms with Crippen molar-refractivity contribution in [3.63, 3.8) is 0 Å². The summed E-state index contributed by atoms with van der Waals surface area (Å²) in [5, 5.41) is 2.48. The highest BCUT2D eigenvalue weighted by molar-refractivity contribution is 14.1. The van der Waals surface area contributed by atoms with Crippen LogP contribution < -0.4 is 5.32 Å². The van der Waals surface area contributed by atoms with Crippen LogP contribution in [0.25, 0.3) is 5.70 Å². The van der Waals surface area contributed by atoms with Crippen molar-refractivity contribution in [1.82, 2.24) is 4.90 Å². The Morgan fingerprint density at radius 1 is 1.15 bits per heavy atom. The second-order valence-electron chi connectivity index (χ2n) is 5.94. The number of carbonyl (C=O) groups excluding carboxylic acids is 2. The standard InChI is InChI=1S/C19H14F3IN2O2/c1-11-13-4-2-3-5-14(13)18(27)25(11)9-8-17(26)24-16-10-12(19(20,21)22)6-7-15(16)23/h2-7,10H,1,8-9H2,(H,24,26). The van der Waals surface area contributed by atoms with Gasteiger partial charge in [-0.05, 0) is 46.9 Å². The SMILES string of the molecule is C=C1c2ccccc2C(=O)N1CCC(=O)Nc1cc(C(F)(F)F)ccc1I. The molecule has 1 heterocycles. The average Bonchev–Trinajstić information content (AvgIpc) is 2.85. The van der Waals surface area contributed by atoms with Crippen LogP contribution >= 0.6 is 22.6 Å². The molecule has 2 amide bonds. The van der Waals surface area contributed by atoms with Gasteiger partial charge in [0.15, 0.2) is 0 Å². The molecule has 1 N–H and O–H groups in total. The maximum absolute atomic E-state index is 12.8. The van der Waals surface area contributed by atoms with Gasteiger partial charge < -0.3 is 10.2 Å². The van der Waals surface area contributed by atoms with Crippen molar-refractivity contribution in [3.05, 3.63) is 69.3 Å². The summed E-state index contributed by atoms with van der Waals surface area (Å²) in [6.07, 6.45) is -4.56. The molecule has 0 atom stereocenters. The van der Waals surface area contributed by atoms with E-state index in [1.165, 1.54) is 11.0 Å². The molecule has 1 aliphatic heterocycles. The monoisotopic (exact) mass is 486 g/mol. The van der Waals surface area contributed by atoms with Crippen molar-refractivity contribution in [3.8, 4) is 0 Å². The van der Waals surface area contributed by atoms with Crippen molar-refractivity contribution >= 4 is 45.8 Å². The van der Waals surface area contributed by atoms with Crippen LogP contribution in [0.15, 0.2) is 49.0 Å². The third-order valence-corrected chi connectivity index (χ3v) is 5.11. The molecule has 2 aromatic carbocycles. The Kier molecular flexibility index (Phi) is 5.27. The predicted octanol–water partition coefficient (Wildman–Crippen LogP) is 4.77. The van der Waals surface area contributed by atoms with Crippen molar-refractivity contribution in [2.45, 2.75) is 12.6 Å². The first-order chi connectivity index (χ1) is 12.7. The quantitative estimate of drug-likeness (QED) is 0.634. The fourth-order valence-electron chi connectivity index (χ4n) is 2.79. The summed E-state index contributed by atoms with van der Waals surface area (Å²) in [6, 6.07) is 10.2. The Morgan fingerprint density at radius 3 is 2.44 bits per heavy atom. The van der Waals surface area contributed by atoms with E-state index in [0.29, 0.717) is 14.8 Å². The lowest BCUT2D eigenvalue weighted by Crippen LogP contribution is -2.27. The van der Waals surface area contributed by atoms with E-state index in [2.05, 4.69) is 11.9 Å². The lowest BCUT2D eigenvalue weighted by Gasteiger charge is -2.17. The minimum atomic E-state index is -4.49. The van der Waals surface area contributed by atoms with Crippen LogP contribution in [0.3, 0.4) is 0 Å². The van der Waals surface area contributed by atoms with Gasteiger partial charge in [0.2, 0.25) is 5.91 Å². The topological polar surface area (TPSA) is 49.4 Å². The van der Waals surface area contributed by atoms with Gasteiger partial charge in [-0.3, -0.25) is 9.59 Å². The van der Waals surface area contributed by atoms with Gasteiger partial charge in [-0.2, -0.15) is 13.2 Å². The number of halogens is 4. The summed E-state index contributed by atoms with van der Waals surface area (Å²) in [7, 11) is 0. The van der Waals surface area contributed by atoms with Crippen LogP contribution in [-0.2, 0) is 11.0 Å². The number of benzene rings is 2. The van der Waals surface area contributed by atoms with Crippen LogP contribution in [0, 0.1) is 3.57 Å². The van der Waals surface area contributed by atoms with E-state index < -0.39 is 17.6 Å². The zero-order chi connectivity index (χ0) is 19.8. The molecule has 2 aromatic rings. The molecular formula is C19H14F3IN2O2. The summed E-state index contributed by atoms with van der Waals surface area (Å²) in [5.41, 5.74) is 1.00. The number of hydrogen-bond donors (Lipinski definition) is 1. The number of anilines is 1. The van der Waals surface area contributed by atoms with Crippen molar-refractivity contribution in [2.24, 2.45) is 0 Å². The first-order valence-corrected chi connectivity index (χ1v) is 9.03. The predicted molar refractivity (Wildman–Crippen MR) is 104 cm³/mol. The second-order valence-corrected chi connectivity index (χ2v) is 7.10. The highest BCUT2D eigenvalue weighted by Gasteiger charge is 2.32. The number of carbonyl (C=O) groups is 2. The van der Waals surface area contributed by atoms with Gasteiger partial charge >= 0.3 is 6.18 Å². The summed E-state index contributed by atoms with van der Waals surface area (Å²) in [4.78, 5) is 26.0. The Morgan fingerprint density at radius 2 is 1.81 bits per heavy atom. The fourth-order valence-corrected chi connectivity index (χ4v) is 3.26. The molecule has 0 aliphatic carbocycles. The fraction of sp³-hybridized carbons (Fsp3) is 0.158. The molecule has 1 aliphatic rings. The molecule has 0 saturated carbocycles. The molecular weight excluding hydrogens is 472 g/mol. The number of hydrogen-bond acceptors (Lipinski definition) is 2. The van der Waals surface area contributed by atoms with Gasteiger partial charge in [0.25, 0.3) is 5.91 Å². The first kappa shape index (κ1) is 19.4. The van der Waals surface area contributed by atoms with Crippen LogP contribution in [0.4, 0.5) is 18.9 Å².